The monoisotopic (exact) mass is 204 g/mol. The van der Waals surface area contributed by atoms with Crippen LogP contribution in [0.25, 0.3) is 0 Å². The van der Waals surface area contributed by atoms with E-state index in [1.807, 2.05) is 13.0 Å². The summed E-state index contributed by atoms with van der Waals surface area (Å²) in [4.78, 5) is 10.4. The van der Waals surface area contributed by atoms with Crippen LogP contribution in [0.2, 0.25) is 0 Å². The summed E-state index contributed by atoms with van der Waals surface area (Å²) in [5, 5.41) is 8.06. The first-order valence-electron chi connectivity index (χ1n) is 5.41. The normalized spacial score (nSPS) is 16.5. The first kappa shape index (κ1) is 10.1. The van der Waals surface area contributed by atoms with Gasteiger partial charge < -0.3 is 4.90 Å². The minimum atomic E-state index is 0.542. The first-order chi connectivity index (χ1) is 7.27. The molecule has 1 aliphatic heterocycles. The molecular weight excluding hydrogens is 188 g/mol. The van der Waals surface area contributed by atoms with Gasteiger partial charge in [-0.05, 0) is 32.3 Å². The first-order valence-corrected chi connectivity index (χ1v) is 5.41. The number of likely N-dealkylation sites (tertiary alicyclic amines) is 1. The Kier molecular flexibility index (Phi) is 2.94. The van der Waals surface area contributed by atoms with Crippen molar-refractivity contribution >= 4 is 5.84 Å². The summed E-state index contributed by atoms with van der Waals surface area (Å²) in [6.07, 6.45) is 5.38. The van der Waals surface area contributed by atoms with Gasteiger partial charge in [0.05, 0.1) is 0 Å². The lowest BCUT2D eigenvalue weighted by Gasteiger charge is -2.28. The van der Waals surface area contributed by atoms with Gasteiger partial charge in [0.15, 0.2) is 0 Å². The van der Waals surface area contributed by atoms with E-state index in [1.165, 1.54) is 19.3 Å². The average molecular weight is 204 g/mol. The predicted octanol–water partition coefficient (Wildman–Crippen LogP) is 1.60. The zero-order valence-electron chi connectivity index (χ0n) is 9.03. The van der Waals surface area contributed by atoms with Gasteiger partial charge in [-0.25, -0.2) is 9.97 Å². The molecule has 0 unspecified atom stereocenters. The summed E-state index contributed by atoms with van der Waals surface area (Å²) >= 11 is 0. The Morgan fingerprint density at radius 3 is 2.73 bits per heavy atom. The van der Waals surface area contributed by atoms with E-state index >= 15 is 0 Å². The van der Waals surface area contributed by atoms with Crippen molar-refractivity contribution in [1.82, 2.24) is 14.9 Å². The second kappa shape index (κ2) is 4.38. The van der Waals surface area contributed by atoms with Gasteiger partial charge in [-0.1, -0.05) is 0 Å². The second-order valence-corrected chi connectivity index (χ2v) is 3.89. The van der Waals surface area contributed by atoms with E-state index in [-0.39, 0.29) is 0 Å². The molecule has 1 fully saturated rings. The highest BCUT2D eigenvalue weighted by Crippen LogP contribution is 2.11. The number of rotatable bonds is 1. The van der Waals surface area contributed by atoms with Gasteiger partial charge in [-0.15, -0.1) is 0 Å². The number of aromatic nitrogens is 2. The fourth-order valence-corrected chi connectivity index (χ4v) is 1.87. The van der Waals surface area contributed by atoms with Gasteiger partial charge in [-0.3, -0.25) is 5.41 Å². The molecule has 80 valence electrons. The van der Waals surface area contributed by atoms with Crippen LogP contribution in [0.3, 0.4) is 0 Å². The third-order valence-electron chi connectivity index (χ3n) is 2.69. The van der Waals surface area contributed by atoms with Gasteiger partial charge >= 0.3 is 0 Å². The van der Waals surface area contributed by atoms with Crippen LogP contribution in [-0.2, 0) is 0 Å². The van der Waals surface area contributed by atoms with Crippen molar-refractivity contribution in [3.05, 3.63) is 23.8 Å². The van der Waals surface area contributed by atoms with E-state index in [0.29, 0.717) is 5.84 Å². The van der Waals surface area contributed by atoms with E-state index in [2.05, 4.69) is 14.9 Å². The van der Waals surface area contributed by atoms with Crippen LogP contribution >= 0.6 is 0 Å². The Bertz CT molecular complexity index is 355. The molecule has 2 heterocycles. The number of piperidine rings is 1. The molecule has 1 saturated heterocycles. The summed E-state index contributed by atoms with van der Waals surface area (Å²) in [5.41, 5.74) is 0.740. The maximum Gasteiger partial charge on any atom is 0.147 e. The fraction of sp³-hybridized carbons (Fsp3) is 0.545. The van der Waals surface area contributed by atoms with Gasteiger partial charge in [-0.2, -0.15) is 0 Å². The largest absolute Gasteiger partial charge is 0.355 e. The van der Waals surface area contributed by atoms with E-state index in [4.69, 9.17) is 5.41 Å². The minimum Gasteiger partial charge on any atom is -0.355 e. The standard InChI is InChI=1S/C11H16N4/c1-9-13-6-5-10(14-9)11(12)15-7-3-2-4-8-15/h5-6,12H,2-4,7-8H2,1H3. The van der Waals surface area contributed by atoms with Gasteiger partial charge in [0.2, 0.25) is 0 Å². The average Bonchev–Trinajstić information content (AvgIpc) is 2.29. The lowest BCUT2D eigenvalue weighted by atomic mass is 10.1. The Morgan fingerprint density at radius 2 is 2.07 bits per heavy atom. The van der Waals surface area contributed by atoms with Crippen LogP contribution in [0.4, 0.5) is 0 Å². The van der Waals surface area contributed by atoms with Gasteiger partial charge in [0, 0.05) is 19.3 Å². The quantitative estimate of drug-likeness (QED) is 0.558. The molecule has 1 aromatic rings. The highest BCUT2D eigenvalue weighted by molar-refractivity contribution is 5.94. The maximum absolute atomic E-state index is 8.06. The molecule has 2 rings (SSSR count). The zero-order valence-corrected chi connectivity index (χ0v) is 9.03. The summed E-state index contributed by atoms with van der Waals surface area (Å²) in [7, 11) is 0. The molecule has 0 aliphatic carbocycles. The molecule has 0 amide bonds. The molecule has 1 aromatic heterocycles. The number of nitrogens with one attached hydrogen (secondary N) is 1. The Hall–Kier alpha value is -1.45. The van der Waals surface area contributed by atoms with E-state index in [0.717, 1.165) is 24.6 Å². The highest BCUT2D eigenvalue weighted by atomic mass is 15.2. The van der Waals surface area contributed by atoms with Crippen LogP contribution < -0.4 is 0 Å². The summed E-state index contributed by atoms with van der Waals surface area (Å²) in [5.74, 6) is 1.27. The maximum atomic E-state index is 8.06. The van der Waals surface area contributed by atoms with Crippen LogP contribution in [-0.4, -0.2) is 33.8 Å². The molecule has 15 heavy (non-hydrogen) atoms. The molecule has 0 bridgehead atoms. The molecular formula is C11H16N4. The van der Waals surface area contributed by atoms with Crippen molar-refractivity contribution < 1.29 is 0 Å². The van der Waals surface area contributed by atoms with Crippen molar-refractivity contribution in [2.24, 2.45) is 0 Å². The Morgan fingerprint density at radius 1 is 1.33 bits per heavy atom. The summed E-state index contributed by atoms with van der Waals surface area (Å²) < 4.78 is 0. The Balaban J connectivity index is 2.12. The summed E-state index contributed by atoms with van der Waals surface area (Å²) in [6.45, 7) is 3.83. The Labute approximate surface area is 89.9 Å². The highest BCUT2D eigenvalue weighted by Gasteiger charge is 2.15. The summed E-state index contributed by atoms with van der Waals surface area (Å²) in [6, 6.07) is 1.81. The van der Waals surface area contributed by atoms with Crippen LogP contribution in [0.15, 0.2) is 12.3 Å². The molecule has 0 aromatic carbocycles. The molecule has 4 heteroatoms. The minimum absolute atomic E-state index is 0.542. The number of nitrogens with zero attached hydrogens (tertiary/aromatic N) is 3. The molecule has 4 nitrogen and oxygen atoms in total. The van der Waals surface area contributed by atoms with Crippen LogP contribution in [0.1, 0.15) is 30.8 Å². The molecule has 0 spiro atoms. The smallest absolute Gasteiger partial charge is 0.147 e. The van der Waals surface area contributed by atoms with E-state index in [1.54, 1.807) is 6.20 Å². The van der Waals surface area contributed by atoms with Crippen LogP contribution in [0, 0.1) is 12.3 Å². The molecule has 0 radical (unpaired) electrons. The van der Waals surface area contributed by atoms with Crippen molar-refractivity contribution in [2.45, 2.75) is 26.2 Å². The number of amidine groups is 1. The van der Waals surface area contributed by atoms with Crippen molar-refractivity contribution in [3.63, 3.8) is 0 Å². The second-order valence-electron chi connectivity index (χ2n) is 3.89. The van der Waals surface area contributed by atoms with Crippen molar-refractivity contribution in [1.29, 1.82) is 5.41 Å². The fourth-order valence-electron chi connectivity index (χ4n) is 1.87. The third-order valence-corrected chi connectivity index (χ3v) is 2.69. The zero-order chi connectivity index (χ0) is 10.7. The molecule has 0 atom stereocenters. The topological polar surface area (TPSA) is 52.9 Å². The lowest BCUT2D eigenvalue weighted by Crippen LogP contribution is -2.36. The number of hydrogen-bond acceptors (Lipinski definition) is 3. The van der Waals surface area contributed by atoms with Crippen molar-refractivity contribution in [3.8, 4) is 0 Å². The molecule has 1 aliphatic rings. The van der Waals surface area contributed by atoms with E-state index < -0.39 is 0 Å². The SMILES string of the molecule is Cc1nccc(C(=N)N2CCCCC2)n1. The van der Waals surface area contributed by atoms with Gasteiger partial charge in [0.1, 0.15) is 17.4 Å². The molecule has 1 N–H and O–H groups in total. The van der Waals surface area contributed by atoms with Gasteiger partial charge in [0.25, 0.3) is 0 Å². The van der Waals surface area contributed by atoms with Crippen LogP contribution in [0.5, 0.6) is 0 Å². The third kappa shape index (κ3) is 2.32. The molecule has 0 saturated carbocycles. The van der Waals surface area contributed by atoms with E-state index in [9.17, 15) is 0 Å². The lowest BCUT2D eigenvalue weighted by molar-refractivity contribution is 0.340. The predicted molar refractivity (Wildman–Crippen MR) is 59.0 cm³/mol. The number of hydrogen-bond donors (Lipinski definition) is 1. The van der Waals surface area contributed by atoms with Crippen molar-refractivity contribution in [2.75, 3.05) is 13.1 Å². The number of aryl methyl sites for hydroxylation is 1.